The average Bonchev–Trinajstić information content (AvgIpc) is 3.26. The van der Waals surface area contributed by atoms with Crippen LogP contribution in [0, 0.1) is 23.7 Å². The van der Waals surface area contributed by atoms with Gasteiger partial charge in [-0.1, -0.05) is 41.6 Å². The molecule has 1 saturated carbocycles. The lowest BCUT2D eigenvalue weighted by atomic mass is 9.81. The van der Waals surface area contributed by atoms with E-state index >= 15 is 0 Å². The minimum Gasteiger partial charge on any atom is -0.495 e. The lowest BCUT2D eigenvalue weighted by molar-refractivity contribution is -0.143. The van der Waals surface area contributed by atoms with Gasteiger partial charge in [0.25, 0.3) is 0 Å². The molecule has 39 heavy (non-hydrogen) atoms. The normalized spacial score (nSPS) is 20.1. The number of halogens is 1. The first-order chi connectivity index (χ1) is 18.7. The molecule has 8 heteroatoms. The van der Waals surface area contributed by atoms with Crippen molar-refractivity contribution >= 4 is 29.4 Å². The first-order valence-corrected chi connectivity index (χ1v) is 13.8. The number of likely N-dealkylation sites (tertiary alicyclic amines) is 1. The summed E-state index contributed by atoms with van der Waals surface area (Å²) in [5.74, 6) is 5.78. The van der Waals surface area contributed by atoms with Gasteiger partial charge in [-0.05, 0) is 73.9 Å². The molecule has 0 spiro atoms. The van der Waals surface area contributed by atoms with Crippen LogP contribution in [0.4, 0.5) is 0 Å². The Labute approximate surface area is 235 Å². The molecule has 1 atom stereocenters. The second-order valence-corrected chi connectivity index (χ2v) is 10.9. The Morgan fingerprint density at radius 1 is 1.10 bits per heavy atom. The molecular formula is C31H35ClN2O5. The van der Waals surface area contributed by atoms with Gasteiger partial charge in [0.15, 0.2) is 0 Å². The van der Waals surface area contributed by atoms with Crippen LogP contribution in [0.3, 0.4) is 0 Å². The Morgan fingerprint density at radius 2 is 1.77 bits per heavy atom. The van der Waals surface area contributed by atoms with Gasteiger partial charge in [-0.3, -0.25) is 24.2 Å². The number of hydrogen-bond acceptors (Lipinski definition) is 5. The van der Waals surface area contributed by atoms with Crippen molar-refractivity contribution < 1.29 is 24.2 Å². The predicted molar refractivity (Wildman–Crippen MR) is 149 cm³/mol. The fraction of sp³-hybridized carbons (Fsp3) is 0.452. The van der Waals surface area contributed by atoms with Gasteiger partial charge in [-0.2, -0.15) is 0 Å². The minimum absolute atomic E-state index is 0.0824. The minimum atomic E-state index is -0.686. The van der Waals surface area contributed by atoms with Crippen LogP contribution in [0.2, 0.25) is 5.02 Å². The van der Waals surface area contributed by atoms with Crippen molar-refractivity contribution in [2.45, 2.75) is 58.0 Å². The van der Waals surface area contributed by atoms with Gasteiger partial charge in [-0.25, -0.2) is 0 Å². The van der Waals surface area contributed by atoms with E-state index in [1.807, 2.05) is 30.3 Å². The molecule has 2 aromatic carbocycles. The number of carbonyl (C=O) groups excluding carboxylic acids is 2. The molecule has 0 radical (unpaired) electrons. The molecule has 2 amide bonds. The third-order valence-electron chi connectivity index (χ3n) is 7.86. The van der Waals surface area contributed by atoms with Crippen LogP contribution in [0.25, 0.3) is 0 Å². The summed E-state index contributed by atoms with van der Waals surface area (Å²) in [5, 5.41) is 10.1. The van der Waals surface area contributed by atoms with Crippen molar-refractivity contribution in [1.29, 1.82) is 0 Å². The molecule has 4 rings (SSSR count). The van der Waals surface area contributed by atoms with Crippen molar-refractivity contribution in [3.8, 4) is 17.6 Å². The van der Waals surface area contributed by atoms with E-state index in [1.54, 1.807) is 7.11 Å². The summed E-state index contributed by atoms with van der Waals surface area (Å²) in [6.45, 7) is 3.81. The zero-order valence-corrected chi connectivity index (χ0v) is 23.2. The van der Waals surface area contributed by atoms with Crippen LogP contribution in [0.5, 0.6) is 5.75 Å². The number of carboxylic acids is 1. The number of carboxylic acid groups (broad SMARTS) is 1. The number of methoxy groups -OCH3 is 1. The highest BCUT2D eigenvalue weighted by Crippen LogP contribution is 2.33. The van der Waals surface area contributed by atoms with E-state index in [0.29, 0.717) is 28.8 Å². The summed E-state index contributed by atoms with van der Waals surface area (Å²) in [7, 11) is 1.60. The van der Waals surface area contributed by atoms with Gasteiger partial charge in [0.2, 0.25) is 11.8 Å². The summed E-state index contributed by atoms with van der Waals surface area (Å²) < 4.78 is 5.64. The fourth-order valence-corrected chi connectivity index (χ4v) is 5.55. The molecule has 1 saturated heterocycles. The van der Waals surface area contributed by atoms with E-state index in [2.05, 4.69) is 35.8 Å². The van der Waals surface area contributed by atoms with Crippen molar-refractivity contribution in [1.82, 2.24) is 9.80 Å². The Hall–Kier alpha value is -3.34. The van der Waals surface area contributed by atoms with E-state index in [4.69, 9.17) is 16.3 Å². The van der Waals surface area contributed by atoms with E-state index < -0.39 is 5.97 Å². The third-order valence-corrected chi connectivity index (χ3v) is 8.11. The molecule has 1 heterocycles. The van der Waals surface area contributed by atoms with Crippen LogP contribution >= 0.6 is 11.6 Å². The van der Waals surface area contributed by atoms with Crippen molar-refractivity contribution in [3.63, 3.8) is 0 Å². The lowest BCUT2D eigenvalue weighted by Gasteiger charge is -2.35. The quantitative estimate of drug-likeness (QED) is 0.336. The Bertz CT molecular complexity index is 1240. The first kappa shape index (κ1) is 28.7. The molecule has 0 aromatic heterocycles. The maximum absolute atomic E-state index is 11.8. The largest absolute Gasteiger partial charge is 0.495 e. The molecule has 1 aliphatic heterocycles. The second kappa shape index (κ2) is 13.1. The molecule has 0 bridgehead atoms. The van der Waals surface area contributed by atoms with Crippen molar-refractivity contribution in [3.05, 3.63) is 64.2 Å². The third kappa shape index (κ3) is 7.40. The Morgan fingerprint density at radius 3 is 2.38 bits per heavy atom. The van der Waals surface area contributed by atoms with Crippen LogP contribution in [0.1, 0.15) is 68.2 Å². The van der Waals surface area contributed by atoms with E-state index in [9.17, 15) is 19.5 Å². The first-order valence-electron chi connectivity index (χ1n) is 13.5. The monoisotopic (exact) mass is 550 g/mol. The highest BCUT2D eigenvalue weighted by molar-refractivity contribution is 6.30. The molecule has 2 fully saturated rings. The number of nitrogens with zero attached hydrogens (tertiary/aromatic N) is 2. The summed E-state index contributed by atoms with van der Waals surface area (Å²) in [6.07, 6.45) is 3.76. The Kier molecular flexibility index (Phi) is 9.66. The van der Waals surface area contributed by atoms with Crippen molar-refractivity contribution in [2.24, 2.45) is 11.8 Å². The van der Waals surface area contributed by atoms with Gasteiger partial charge in [-0.15, -0.1) is 0 Å². The summed E-state index contributed by atoms with van der Waals surface area (Å²) in [6, 6.07) is 14.0. The smallest absolute Gasteiger partial charge is 0.306 e. The van der Waals surface area contributed by atoms with Gasteiger partial charge >= 0.3 is 5.97 Å². The van der Waals surface area contributed by atoms with E-state index in [0.717, 1.165) is 37.8 Å². The SMILES string of the molecule is COc1cc(CN(CC2CCC(C(=O)O)CC2)[C@@H](C)c2ccc(Cl)cc2)ccc1C#CCN1C(=O)CCC1=O. The predicted octanol–water partition coefficient (Wildman–Crippen LogP) is 5.30. The molecule has 7 nitrogen and oxygen atoms in total. The van der Waals surface area contributed by atoms with Gasteiger partial charge in [0.1, 0.15) is 5.75 Å². The highest BCUT2D eigenvalue weighted by Gasteiger charge is 2.29. The molecule has 206 valence electrons. The lowest BCUT2D eigenvalue weighted by Crippen LogP contribution is -2.34. The number of imide groups is 1. The Balaban J connectivity index is 1.50. The van der Waals surface area contributed by atoms with Crippen LogP contribution < -0.4 is 4.74 Å². The summed E-state index contributed by atoms with van der Waals surface area (Å²) >= 11 is 6.13. The molecule has 0 unspecified atom stereocenters. The molecule has 2 aliphatic rings. The maximum Gasteiger partial charge on any atom is 0.306 e. The van der Waals surface area contributed by atoms with Gasteiger partial charge in [0.05, 0.1) is 25.1 Å². The van der Waals surface area contributed by atoms with Gasteiger partial charge < -0.3 is 9.84 Å². The summed E-state index contributed by atoms with van der Waals surface area (Å²) in [5.41, 5.74) is 2.94. The average molecular weight is 551 g/mol. The number of rotatable bonds is 9. The number of carbonyl (C=O) groups is 3. The zero-order chi connectivity index (χ0) is 27.9. The second-order valence-electron chi connectivity index (χ2n) is 10.4. The van der Waals surface area contributed by atoms with E-state index in [-0.39, 0.29) is 43.2 Å². The molecule has 1 aliphatic carbocycles. The topological polar surface area (TPSA) is 87.2 Å². The highest BCUT2D eigenvalue weighted by atomic mass is 35.5. The van der Waals surface area contributed by atoms with Crippen molar-refractivity contribution in [2.75, 3.05) is 20.2 Å². The number of ether oxygens (including phenoxy) is 1. The van der Waals surface area contributed by atoms with Crippen LogP contribution in [0.15, 0.2) is 42.5 Å². The number of aliphatic carboxylic acids is 1. The maximum atomic E-state index is 11.8. The molecule has 2 aromatic rings. The summed E-state index contributed by atoms with van der Waals surface area (Å²) in [4.78, 5) is 38.7. The number of hydrogen-bond donors (Lipinski definition) is 1. The van der Waals surface area contributed by atoms with Gasteiger partial charge in [0, 0.05) is 37.0 Å². The number of benzene rings is 2. The number of amides is 2. The van der Waals surface area contributed by atoms with Crippen LogP contribution in [-0.4, -0.2) is 52.9 Å². The fourth-order valence-electron chi connectivity index (χ4n) is 5.42. The van der Waals surface area contributed by atoms with Crippen LogP contribution in [-0.2, 0) is 20.9 Å². The molecular weight excluding hydrogens is 516 g/mol. The zero-order valence-electron chi connectivity index (χ0n) is 22.5. The standard InChI is InChI=1S/C31H35ClN2O5/c1-21(24-11-13-27(32)14-12-24)33(19-22-5-9-26(10-6-22)31(37)38)20-23-7-8-25(28(18-23)39-2)4-3-17-34-29(35)15-16-30(34)36/h7-8,11-14,18,21-22,26H,5-6,9-10,15-17,19-20H2,1-2H3,(H,37,38)/t21-,22?,26?/m0/s1. The van der Waals surface area contributed by atoms with E-state index in [1.165, 1.54) is 10.5 Å². The molecule has 1 N–H and O–H groups in total.